The van der Waals surface area contributed by atoms with Crippen molar-refractivity contribution in [2.75, 3.05) is 13.6 Å². The van der Waals surface area contributed by atoms with Crippen LogP contribution in [0.25, 0.3) is 33.3 Å². The molecule has 0 aliphatic heterocycles. The maximum Gasteiger partial charge on any atom is 0.178 e. The SMILES string of the molecule is C.C.CCCCN(C)Cc1ccc2[nH]c(-c3ccnc4nc(C)[nH]c34)cc2c1. The Morgan fingerprint density at radius 1 is 1.07 bits per heavy atom. The molecule has 28 heavy (non-hydrogen) atoms. The third-order valence-electron chi connectivity index (χ3n) is 4.83. The summed E-state index contributed by atoms with van der Waals surface area (Å²) >= 11 is 0. The molecule has 5 nitrogen and oxygen atoms in total. The van der Waals surface area contributed by atoms with Gasteiger partial charge in [0.15, 0.2) is 5.65 Å². The highest BCUT2D eigenvalue weighted by Crippen LogP contribution is 2.29. The van der Waals surface area contributed by atoms with Crippen molar-refractivity contribution in [1.29, 1.82) is 0 Å². The van der Waals surface area contributed by atoms with E-state index in [4.69, 9.17) is 0 Å². The normalized spacial score (nSPS) is 11.0. The molecule has 0 bridgehead atoms. The van der Waals surface area contributed by atoms with Gasteiger partial charge in [-0.1, -0.05) is 34.3 Å². The maximum atomic E-state index is 4.44. The molecule has 0 aliphatic carbocycles. The smallest absolute Gasteiger partial charge is 0.178 e. The maximum absolute atomic E-state index is 4.44. The van der Waals surface area contributed by atoms with Crippen molar-refractivity contribution in [3.8, 4) is 11.3 Å². The Balaban J connectivity index is 0.00000140. The van der Waals surface area contributed by atoms with Gasteiger partial charge in [-0.2, -0.15) is 0 Å². The number of unbranched alkanes of at least 4 members (excludes halogenated alkanes) is 1. The standard InChI is InChI=1S/C21H25N5.2CH4/c1-4-5-10-26(3)13-15-6-7-18-16(11-15)12-19(25-18)17-8-9-22-21-20(17)23-14(2)24-21;;/h6-9,11-12,25H,4-5,10,13H2,1-3H3,(H,22,23,24);2*1H4. The number of nitrogens with one attached hydrogen (secondary N) is 2. The Bertz CT molecular complexity index is 1040. The third-order valence-corrected chi connectivity index (χ3v) is 4.83. The average Bonchev–Trinajstić information content (AvgIpc) is 3.21. The van der Waals surface area contributed by atoms with Gasteiger partial charge >= 0.3 is 0 Å². The topological polar surface area (TPSA) is 60.6 Å². The Morgan fingerprint density at radius 3 is 2.68 bits per heavy atom. The lowest BCUT2D eigenvalue weighted by molar-refractivity contribution is 0.321. The van der Waals surface area contributed by atoms with Crippen LogP contribution in [0, 0.1) is 6.92 Å². The molecule has 4 aromatic rings. The van der Waals surface area contributed by atoms with Crippen molar-refractivity contribution in [1.82, 2.24) is 24.8 Å². The van der Waals surface area contributed by atoms with Crippen molar-refractivity contribution in [3.63, 3.8) is 0 Å². The zero-order valence-electron chi connectivity index (χ0n) is 15.6. The number of aryl methyl sites for hydroxylation is 1. The fourth-order valence-corrected chi connectivity index (χ4v) is 3.50. The molecule has 150 valence electrons. The molecule has 0 atom stereocenters. The Kier molecular flexibility index (Phi) is 6.97. The summed E-state index contributed by atoms with van der Waals surface area (Å²) in [7, 11) is 2.19. The summed E-state index contributed by atoms with van der Waals surface area (Å²) < 4.78 is 0. The van der Waals surface area contributed by atoms with Crippen LogP contribution in [0.3, 0.4) is 0 Å². The number of aromatic nitrogens is 4. The molecule has 3 heterocycles. The van der Waals surface area contributed by atoms with Crippen LogP contribution < -0.4 is 0 Å². The van der Waals surface area contributed by atoms with Crippen LogP contribution in [0.5, 0.6) is 0 Å². The van der Waals surface area contributed by atoms with Gasteiger partial charge in [0.25, 0.3) is 0 Å². The highest BCUT2D eigenvalue weighted by Gasteiger charge is 2.11. The number of rotatable bonds is 6. The lowest BCUT2D eigenvalue weighted by atomic mass is 10.1. The number of imidazole rings is 1. The van der Waals surface area contributed by atoms with E-state index in [0.29, 0.717) is 0 Å². The lowest BCUT2D eigenvalue weighted by Gasteiger charge is -2.16. The first-order valence-corrected chi connectivity index (χ1v) is 9.26. The van der Waals surface area contributed by atoms with E-state index in [1.165, 1.54) is 23.8 Å². The average molecular weight is 380 g/mol. The van der Waals surface area contributed by atoms with Gasteiger partial charge in [-0.15, -0.1) is 0 Å². The van der Waals surface area contributed by atoms with Crippen molar-refractivity contribution in [3.05, 3.63) is 47.9 Å². The number of hydrogen-bond acceptors (Lipinski definition) is 3. The first-order chi connectivity index (χ1) is 12.6. The fourth-order valence-electron chi connectivity index (χ4n) is 3.50. The van der Waals surface area contributed by atoms with Crippen LogP contribution >= 0.6 is 0 Å². The molecule has 0 radical (unpaired) electrons. The van der Waals surface area contributed by atoms with E-state index in [2.05, 4.69) is 63.1 Å². The summed E-state index contributed by atoms with van der Waals surface area (Å²) in [5.41, 5.74) is 6.44. The molecule has 0 spiro atoms. The van der Waals surface area contributed by atoms with E-state index in [0.717, 1.165) is 46.9 Å². The monoisotopic (exact) mass is 379 g/mol. The van der Waals surface area contributed by atoms with Gasteiger partial charge in [-0.3, -0.25) is 0 Å². The largest absolute Gasteiger partial charge is 0.354 e. The first-order valence-electron chi connectivity index (χ1n) is 9.26. The van der Waals surface area contributed by atoms with Gasteiger partial charge < -0.3 is 14.9 Å². The van der Waals surface area contributed by atoms with E-state index in [1.54, 1.807) is 0 Å². The van der Waals surface area contributed by atoms with Crippen LogP contribution in [0.2, 0.25) is 0 Å². The van der Waals surface area contributed by atoms with Crippen LogP contribution in [-0.2, 0) is 6.54 Å². The quantitative estimate of drug-likeness (QED) is 0.437. The van der Waals surface area contributed by atoms with E-state index >= 15 is 0 Å². The second-order valence-corrected chi connectivity index (χ2v) is 7.08. The third kappa shape index (κ3) is 4.25. The Hall–Kier alpha value is -2.66. The van der Waals surface area contributed by atoms with Crippen LogP contribution in [0.1, 0.15) is 46.0 Å². The molecule has 4 rings (SSSR count). The van der Waals surface area contributed by atoms with Crippen LogP contribution in [0.15, 0.2) is 36.5 Å². The van der Waals surface area contributed by atoms with Crippen molar-refractivity contribution in [2.24, 2.45) is 0 Å². The van der Waals surface area contributed by atoms with E-state index in [-0.39, 0.29) is 14.9 Å². The summed E-state index contributed by atoms with van der Waals surface area (Å²) in [6.07, 6.45) is 4.30. The zero-order valence-corrected chi connectivity index (χ0v) is 15.6. The van der Waals surface area contributed by atoms with E-state index in [9.17, 15) is 0 Å². The van der Waals surface area contributed by atoms with Crippen molar-refractivity contribution >= 4 is 22.1 Å². The van der Waals surface area contributed by atoms with E-state index < -0.39 is 0 Å². The summed E-state index contributed by atoms with van der Waals surface area (Å²) in [6, 6.07) is 10.9. The highest BCUT2D eigenvalue weighted by atomic mass is 15.1. The second kappa shape index (κ2) is 9.02. The summed E-state index contributed by atoms with van der Waals surface area (Å²) in [6.45, 7) is 6.31. The number of fused-ring (bicyclic) bond motifs is 2. The molecule has 0 saturated carbocycles. The molecule has 3 aromatic heterocycles. The second-order valence-electron chi connectivity index (χ2n) is 7.08. The number of nitrogens with zero attached hydrogens (tertiary/aromatic N) is 3. The van der Waals surface area contributed by atoms with Crippen LogP contribution in [0.4, 0.5) is 0 Å². The number of H-pyrrole nitrogens is 2. The fraction of sp³-hybridized carbons (Fsp3) is 0.391. The first kappa shape index (κ1) is 21.6. The molecular formula is C23H33N5. The van der Waals surface area contributed by atoms with E-state index in [1.807, 2.05) is 19.2 Å². The molecule has 2 N–H and O–H groups in total. The predicted molar refractivity (Wildman–Crippen MR) is 121 cm³/mol. The van der Waals surface area contributed by atoms with Gasteiger partial charge in [0, 0.05) is 34.9 Å². The minimum atomic E-state index is 0. The number of hydrogen-bond donors (Lipinski definition) is 2. The molecular weight excluding hydrogens is 346 g/mol. The molecule has 0 unspecified atom stereocenters. The predicted octanol–water partition coefficient (Wildman–Crippen LogP) is 5.92. The summed E-state index contributed by atoms with van der Waals surface area (Å²) in [5.74, 6) is 0.883. The lowest BCUT2D eigenvalue weighted by Crippen LogP contribution is -2.18. The molecule has 1 aromatic carbocycles. The molecule has 0 amide bonds. The Labute approximate surface area is 168 Å². The minimum absolute atomic E-state index is 0. The Morgan fingerprint density at radius 2 is 1.89 bits per heavy atom. The minimum Gasteiger partial charge on any atom is -0.354 e. The summed E-state index contributed by atoms with van der Waals surface area (Å²) in [4.78, 5) is 18.0. The van der Waals surface area contributed by atoms with Gasteiger partial charge in [-0.25, -0.2) is 9.97 Å². The number of aromatic amines is 2. The molecule has 0 fully saturated rings. The van der Waals surface area contributed by atoms with Crippen molar-refractivity contribution < 1.29 is 0 Å². The van der Waals surface area contributed by atoms with Gasteiger partial charge in [0.2, 0.25) is 0 Å². The molecule has 0 saturated heterocycles. The van der Waals surface area contributed by atoms with Crippen molar-refractivity contribution in [2.45, 2.75) is 48.1 Å². The molecule has 0 aliphatic rings. The van der Waals surface area contributed by atoms with Gasteiger partial charge in [0.05, 0.1) is 5.52 Å². The number of pyridine rings is 1. The zero-order chi connectivity index (χ0) is 18.1. The highest BCUT2D eigenvalue weighted by molar-refractivity contribution is 5.94. The summed E-state index contributed by atoms with van der Waals surface area (Å²) in [5, 5.41) is 1.24. The molecule has 5 heteroatoms. The van der Waals surface area contributed by atoms with Crippen LogP contribution in [-0.4, -0.2) is 38.4 Å². The van der Waals surface area contributed by atoms with Gasteiger partial charge in [0.1, 0.15) is 5.82 Å². The van der Waals surface area contributed by atoms with Gasteiger partial charge in [-0.05, 0) is 56.8 Å². The number of benzene rings is 1.